The van der Waals surface area contributed by atoms with E-state index in [2.05, 4.69) is 14.9 Å². The molecule has 0 aliphatic rings. The molecule has 7 nitrogen and oxygen atoms in total. The van der Waals surface area contributed by atoms with E-state index in [1.54, 1.807) is 11.6 Å². The molecule has 2 rings (SSSR count). The fraction of sp³-hybridized carbons (Fsp3) is 0.273. The molecule has 1 aromatic heterocycles. The maximum absolute atomic E-state index is 12.3. The zero-order chi connectivity index (χ0) is 15.6. The lowest BCUT2D eigenvalue weighted by atomic mass is 10.2. The maximum Gasteiger partial charge on any atom is 0.242 e. The molecule has 10 heteroatoms. The van der Waals surface area contributed by atoms with Crippen molar-refractivity contribution in [2.75, 3.05) is 0 Å². The van der Waals surface area contributed by atoms with E-state index in [0.29, 0.717) is 16.4 Å². The molecule has 0 saturated heterocycles. The van der Waals surface area contributed by atoms with Crippen LogP contribution in [0.3, 0.4) is 0 Å². The van der Waals surface area contributed by atoms with E-state index in [9.17, 15) is 8.42 Å². The lowest BCUT2D eigenvalue weighted by Crippen LogP contribution is -2.25. The number of hydrogen-bond acceptors (Lipinski definition) is 5. The average molecular weight is 350 g/mol. The number of halogens is 2. The van der Waals surface area contributed by atoms with Crippen molar-refractivity contribution in [1.82, 2.24) is 19.5 Å². The predicted octanol–water partition coefficient (Wildman–Crippen LogP) is 1.06. The summed E-state index contributed by atoms with van der Waals surface area (Å²) in [6, 6.07) is 2.79. The number of nitrogens with one attached hydrogen (secondary N) is 1. The van der Waals surface area contributed by atoms with Crippen LogP contribution in [-0.2, 0) is 30.2 Å². The van der Waals surface area contributed by atoms with Gasteiger partial charge in [-0.25, -0.2) is 13.1 Å². The van der Waals surface area contributed by atoms with Crippen LogP contribution in [0.25, 0.3) is 0 Å². The number of nitrogens with two attached hydrogens (primary N) is 1. The van der Waals surface area contributed by atoms with Gasteiger partial charge in [0.15, 0.2) is 0 Å². The Bertz CT molecular complexity index is 760. The number of rotatable bonds is 5. The largest absolute Gasteiger partial charge is 0.326 e. The number of hydrogen-bond donors (Lipinski definition) is 2. The van der Waals surface area contributed by atoms with Gasteiger partial charge in [-0.3, -0.25) is 0 Å². The zero-order valence-electron chi connectivity index (χ0n) is 11.0. The van der Waals surface area contributed by atoms with Crippen LogP contribution >= 0.6 is 23.2 Å². The third kappa shape index (κ3) is 3.35. The summed E-state index contributed by atoms with van der Waals surface area (Å²) in [5, 5.41) is 7.82. The van der Waals surface area contributed by atoms with E-state index < -0.39 is 10.0 Å². The topological polar surface area (TPSA) is 103 Å². The van der Waals surface area contributed by atoms with Crippen molar-refractivity contribution in [1.29, 1.82) is 0 Å². The van der Waals surface area contributed by atoms with E-state index in [1.807, 2.05) is 0 Å². The Labute approximate surface area is 132 Å². The Morgan fingerprint density at radius 3 is 2.67 bits per heavy atom. The lowest BCUT2D eigenvalue weighted by Gasteiger charge is -2.11. The standard InChI is InChI=1S/C11H13Cl2N5O2S/c1-18-6-15-17-10(18)5-16-21(19,20)9-3-2-8(12)7(4-14)11(9)13/h2-3,6,16H,4-5,14H2,1H3. The Balaban J connectivity index is 2.30. The fourth-order valence-corrected chi connectivity index (χ4v) is 3.59. The van der Waals surface area contributed by atoms with Gasteiger partial charge in [-0.15, -0.1) is 10.2 Å². The van der Waals surface area contributed by atoms with Gasteiger partial charge in [0.25, 0.3) is 0 Å². The molecule has 0 amide bonds. The first-order valence-electron chi connectivity index (χ1n) is 5.86. The van der Waals surface area contributed by atoms with Gasteiger partial charge in [0.2, 0.25) is 10.0 Å². The number of aryl methyl sites for hydroxylation is 1. The quantitative estimate of drug-likeness (QED) is 0.839. The van der Waals surface area contributed by atoms with E-state index in [-0.39, 0.29) is 23.0 Å². The Morgan fingerprint density at radius 1 is 1.38 bits per heavy atom. The molecule has 0 radical (unpaired) electrons. The van der Waals surface area contributed by atoms with Crippen molar-refractivity contribution in [2.45, 2.75) is 18.0 Å². The zero-order valence-corrected chi connectivity index (χ0v) is 13.4. The second-order valence-electron chi connectivity index (χ2n) is 4.22. The summed E-state index contributed by atoms with van der Waals surface area (Å²) < 4.78 is 28.6. The van der Waals surface area contributed by atoms with Crippen LogP contribution in [0.5, 0.6) is 0 Å². The molecule has 0 spiro atoms. The van der Waals surface area contributed by atoms with Crippen molar-refractivity contribution in [3.8, 4) is 0 Å². The van der Waals surface area contributed by atoms with Crippen LogP contribution in [0.1, 0.15) is 11.4 Å². The van der Waals surface area contributed by atoms with Crippen LogP contribution in [0.15, 0.2) is 23.4 Å². The minimum atomic E-state index is -3.81. The molecule has 114 valence electrons. The lowest BCUT2D eigenvalue weighted by molar-refractivity contribution is 0.577. The fourth-order valence-electron chi connectivity index (χ4n) is 1.68. The molecule has 0 atom stereocenters. The third-order valence-electron chi connectivity index (χ3n) is 2.87. The molecule has 21 heavy (non-hydrogen) atoms. The molecule has 2 aromatic rings. The molecule has 1 aromatic carbocycles. The highest BCUT2D eigenvalue weighted by atomic mass is 35.5. The SMILES string of the molecule is Cn1cnnc1CNS(=O)(=O)c1ccc(Cl)c(CN)c1Cl. The molecule has 3 N–H and O–H groups in total. The summed E-state index contributed by atoms with van der Waals surface area (Å²) in [5.41, 5.74) is 5.92. The number of benzene rings is 1. The van der Waals surface area contributed by atoms with E-state index >= 15 is 0 Å². The van der Waals surface area contributed by atoms with E-state index in [0.717, 1.165) is 0 Å². The van der Waals surface area contributed by atoms with Crippen LogP contribution < -0.4 is 10.5 Å². The molecular weight excluding hydrogens is 337 g/mol. The normalized spacial score (nSPS) is 11.8. The van der Waals surface area contributed by atoms with Gasteiger partial charge in [-0.05, 0) is 12.1 Å². The van der Waals surface area contributed by atoms with Gasteiger partial charge in [-0.1, -0.05) is 23.2 Å². The van der Waals surface area contributed by atoms with Crippen molar-refractivity contribution in [3.63, 3.8) is 0 Å². The van der Waals surface area contributed by atoms with Crippen molar-refractivity contribution in [3.05, 3.63) is 39.9 Å². The van der Waals surface area contributed by atoms with Crippen molar-refractivity contribution < 1.29 is 8.42 Å². The van der Waals surface area contributed by atoms with Crippen LogP contribution in [0.4, 0.5) is 0 Å². The maximum atomic E-state index is 12.3. The van der Waals surface area contributed by atoms with Crippen LogP contribution in [-0.4, -0.2) is 23.2 Å². The van der Waals surface area contributed by atoms with Gasteiger partial charge < -0.3 is 10.3 Å². The molecule has 0 bridgehead atoms. The summed E-state index contributed by atoms with van der Waals surface area (Å²) in [4.78, 5) is -0.0730. The Kier molecular flexibility index (Phi) is 4.84. The van der Waals surface area contributed by atoms with Crippen molar-refractivity contribution >= 4 is 33.2 Å². The van der Waals surface area contributed by atoms with Gasteiger partial charge in [0.05, 0.1) is 11.6 Å². The monoisotopic (exact) mass is 349 g/mol. The first kappa shape index (κ1) is 16.2. The predicted molar refractivity (Wildman–Crippen MR) is 79.4 cm³/mol. The highest BCUT2D eigenvalue weighted by molar-refractivity contribution is 7.89. The molecule has 0 saturated carbocycles. The van der Waals surface area contributed by atoms with Crippen LogP contribution in [0, 0.1) is 0 Å². The van der Waals surface area contributed by atoms with Crippen LogP contribution in [0.2, 0.25) is 10.0 Å². The molecule has 0 unspecified atom stereocenters. The van der Waals surface area contributed by atoms with Crippen molar-refractivity contribution in [2.24, 2.45) is 12.8 Å². The average Bonchev–Trinajstić information content (AvgIpc) is 2.82. The van der Waals surface area contributed by atoms with E-state index in [4.69, 9.17) is 28.9 Å². The van der Waals surface area contributed by atoms with Gasteiger partial charge in [0, 0.05) is 24.2 Å². The van der Waals surface area contributed by atoms with Gasteiger partial charge >= 0.3 is 0 Å². The molecule has 0 aliphatic heterocycles. The molecular formula is C11H13Cl2N5O2S. The van der Waals surface area contributed by atoms with Gasteiger partial charge in [-0.2, -0.15) is 0 Å². The molecule has 0 aliphatic carbocycles. The van der Waals surface area contributed by atoms with Gasteiger partial charge in [0.1, 0.15) is 17.0 Å². The third-order valence-corrected chi connectivity index (χ3v) is 5.21. The second-order valence-corrected chi connectivity index (χ2v) is 6.75. The number of aromatic nitrogens is 3. The summed E-state index contributed by atoms with van der Waals surface area (Å²) in [6.45, 7) is 0.0417. The minimum Gasteiger partial charge on any atom is -0.326 e. The Hall–Kier alpha value is -1.19. The molecule has 0 fully saturated rings. The minimum absolute atomic E-state index is 0.00422. The summed E-state index contributed by atoms with van der Waals surface area (Å²) in [7, 11) is -2.10. The number of sulfonamides is 1. The number of nitrogens with zero attached hydrogens (tertiary/aromatic N) is 3. The first-order valence-corrected chi connectivity index (χ1v) is 8.10. The highest BCUT2D eigenvalue weighted by Crippen LogP contribution is 2.30. The summed E-state index contributed by atoms with van der Waals surface area (Å²) >= 11 is 12.0. The summed E-state index contributed by atoms with van der Waals surface area (Å²) in [6.07, 6.45) is 1.48. The summed E-state index contributed by atoms with van der Waals surface area (Å²) in [5.74, 6) is 0.475. The molecule has 1 heterocycles. The smallest absolute Gasteiger partial charge is 0.242 e. The van der Waals surface area contributed by atoms with E-state index in [1.165, 1.54) is 18.5 Å². The highest BCUT2D eigenvalue weighted by Gasteiger charge is 2.21. The first-order chi connectivity index (χ1) is 9.86. The second kappa shape index (κ2) is 6.29. The Morgan fingerprint density at radius 2 is 2.10 bits per heavy atom.